The second kappa shape index (κ2) is 4.03. The van der Waals surface area contributed by atoms with E-state index in [0.29, 0.717) is 38.2 Å². The number of benzene rings is 1. The molecule has 2 N–H and O–H groups in total. The molecular formula is C13H15FN2O2. The molecule has 2 aliphatic heterocycles. The van der Waals surface area contributed by atoms with Gasteiger partial charge >= 0.3 is 0 Å². The molecule has 0 saturated carbocycles. The molecule has 0 bridgehead atoms. The second-order valence-electron chi connectivity index (χ2n) is 4.99. The van der Waals surface area contributed by atoms with Crippen LogP contribution in [0.2, 0.25) is 0 Å². The largest absolute Gasteiger partial charge is 0.377 e. The van der Waals surface area contributed by atoms with Gasteiger partial charge in [-0.3, -0.25) is 4.79 Å². The molecule has 1 fully saturated rings. The van der Waals surface area contributed by atoms with Gasteiger partial charge in [0.1, 0.15) is 5.82 Å². The van der Waals surface area contributed by atoms with Crippen LogP contribution in [0.15, 0.2) is 18.2 Å². The van der Waals surface area contributed by atoms with E-state index in [2.05, 4.69) is 5.32 Å². The summed E-state index contributed by atoms with van der Waals surface area (Å²) in [5, 5.41) is 12.9. The van der Waals surface area contributed by atoms with Gasteiger partial charge in [0.25, 0.3) is 5.91 Å². The first kappa shape index (κ1) is 11.6. The molecule has 0 radical (unpaired) electrons. The molecule has 0 aliphatic carbocycles. The van der Waals surface area contributed by atoms with Crippen LogP contribution in [-0.2, 0) is 17.8 Å². The standard InChI is InChI=1S/C13H15FN2O2/c14-11-3-1-2-9-6-16(5-4-10(9)11)12(17)13(18)7-15-8-13/h1-3,15,18H,4-8H2. The zero-order valence-electron chi connectivity index (χ0n) is 9.95. The van der Waals surface area contributed by atoms with Crippen molar-refractivity contribution in [2.75, 3.05) is 19.6 Å². The van der Waals surface area contributed by atoms with Crippen LogP contribution in [0.4, 0.5) is 4.39 Å². The maximum atomic E-state index is 13.5. The number of nitrogens with one attached hydrogen (secondary N) is 1. The van der Waals surface area contributed by atoms with Crippen LogP contribution in [0.25, 0.3) is 0 Å². The lowest BCUT2D eigenvalue weighted by Gasteiger charge is -2.41. The van der Waals surface area contributed by atoms with Gasteiger partial charge in [-0.25, -0.2) is 4.39 Å². The van der Waals surface area contributed by atoms with Crippen LogP contribution in [0.3, 0.4) is 0 Å². The van der Waals surface area contributed by atoms with Crippen molar-refractivity contribution in [1.29, 1.82) is 0 Å². The lowest BCUT2D eigenvalue weighted by atomic mass is 9.92. The van der Waals surface area contributed by atoms with E-state index in [1.807, 2.05) is 6.07 Å². The van der Waals surface area contributed by atoms with Gasteiger partial charge in [-0.1, -0.05) is 12.1 Å². The minimum Gasteiger partial charge on any atom is -0.377 e. The highest BCUT2D eigenvalue weighted by atomic mass is 19.1. The van der Waals surface area contributed by atoms with E-state index in [1.165, 1.54) is 6.07 Å². The molecule has 1 amide bonds. The van der Waals surface area contributed by atoms with Gasteiger partial charge in [0, 0.05) is 26.2 Å². The summed E-state index contributed by atoms with van der Waals surface area (Å²) in [6.07, 6.45) is 0.511. The van der Waals surface area contributed by atoms with E-state index in [0.717, 1.165) is 5.56 Å². The molecule has 2 heterocycles. The summed E-state index contributed by atoms with van der Waals surface area (Å²) in [7, 11) is 0. The van der Waals surface area contributed by atoms with Crippen molar-refractivity contribution in [2.45, 2.75) is 18.6 Å². The van der Waals surface area contributed by atoms with E-state index < -0.39 is 5.60 Å². The van der Waals surface area contributed by atoms with Crippen molar-refractivity contribution in [3.63, 3.8) is 0 Å². The highest BCUT2D eigenvalue weighted by molar-refractivity contribution is 5.87. The summed E-state index contributed by atoms with van der Waals surface area (Å²) >= 11 is 0. The molecule has 18 heavy (non-hydrogen) atoms. The highest BCUT2D eigenvalue weighted by Crippen LogP contribution is 2.24. The molecule has 1 saturated heterocycles. The minimum absolute atomic E-state index is 0.205. The number of aliphatic hydroxyl groups is 1. The van der Waals surface area contributed by atoms with Crippen LogP contribution >= 0.6 is 0 Å². The van der Waals surface area contributed by atoms with Crippen molar-refractivity contribution >= 4 is 5.91 Å². The molecule has 3 rings (SSSR count). The molecule has 5 heteroatoms. The predicted octanol–water partition coefficient (Wildman–Crippen LogP) is 0.0447. The second-order valence-corrected chi connectivity index (χ2v) is 4.99. The number of carbonyl (C=O) groups is 1. The van der Waals surface area contributed by atoms with Crippen molar-refractivity contribution in [1.82, 2.24) is 10.2 Å². The van der Waals surface area contributed by atoms with E-state index in [1.54, 1.807) is 11.0 Å². The zero-order valence-corrected chi connectivity index (χ0v) is 9.95. The number of rotatable bonds is 1. The Morgan fingerprint density at radius 2 is 2.22 bits per heavy atom. The summed E-state index contributed by atoms with van der Waals surface area (Å²) in [6.45, 7) is 1.46. The Hall–Kier alpha value is -1.46. The first-order valence-electron chi connectivity index (χ1n) is 6.09. The Balaban J connectivity index is 1.81. The Morgan fingerprint density at radius 3 is 2.89 bits per heavy atom. The van der Waals surface area contributed by atoms with Crippen molar-refractivity contribution in [3.05, 3.63) is 35.1 Å². The van der Waals surface area contributed by atoms with Gasteiger partial charge in [0.15, 0.2) is 5.60 Å². The van der Waals surface area contributed by atoms with Crippen LogP contribution in [0.5, 0.6) is 0 Å². The molecule has 0 unspecified atom stereocenters. The summed E-state index contributed by atoms with van der Waals surface area (Å²) < 4.78 is 13.5. The molecular weight excluding hydrogens is 235 g/mol. The topological polar surface area (TPSA) is 52.6 Å². The van der Waals surface area contributed by atoms with Crippen LogP contribution in [-0.4, -0.2) is 41.1 Å². The highest BCUT2D eigenvalue weighted by Gasteiger charge is 2.45. The number of hydrogen-bond acceptors (Lipinski definition) is 3. The SMILES string of the molecule is O=C(N1CCc2c(F)cccc2C1)C1(O)CNC1. The van der Waals surface area contributed by atoms with Crippen LogP contribution in [0.1, 0.15) is 11.1 Å². The number of β-amino-alcohol motifs (C(OH)–C–C–N with tert-alkyl or cyclic N) is 1. The molecule has 1 aromatic rings. The molecule has 0 aromatic heterocycles. The van der Waals surface area contributed by atoms with Crippen molar-refractivity contribution in [2.24, 2.45) is 0 Å². The lowest BCUT2D eigenvalue weighted by Crippen LogP contribution is -2.68. The fourth-order valence-electron chi connectivity index (χ4n) is 2.54. The Labute approximate surface area is 104 Å². The molecule has 4 nitrogen and oxygen atoms in total. The summed E-state index contributed by atoms with van der Waals surface area (Å²) in [5.74, 6) is -0.459. The van der Waals surface area contributed by atoms with E-state index in [9.17, 15) is 14.3 Å². The molecule has 0 spiro atoms. The maximum Gasteiger partial charge on any atom is 0.257 e. The quantitative estimate of drug-likeness (QED) is 0.740. The maximum absolute atomic E-state index is 13.5. The van der Waals surface area contributed by atoms with Gasteiger partial charge in [0.05, 0.1) is 0 Å². The summed E-state index contributed by atoms with van der Waals surface area (Å²) in [6, 6.07) is 4.93. The Kier molecular flexibility index (Phi) is 2.60. The molecule has 96 valence electrons. The third-order valence-electron chi connectivity index (χ3n) is 3.73. The first-order chi connectivity index (χ1) is 8.60. The minimum atomic E-state index is -1.26. The van der Waals surface area contributed by atoms with E-state index in [4.69, 9.17) is 0 Å². The summed E-state index contributed by atoms with van der Waals surface area (Å²) in [4.78, 5) is 13.8. The third kappa shape index (κ3) is 1.71. The number of hydrogen-bond donors (Lipinski definition) is 2. The van der Waals surface area contributed by atoms with E-state index >= 15 is 0 Å². The van der Waals surface area contributed by atoms with Gasteiger partial charge in [-0.15, -0.1) is 0 Å². The van der Waals surface area contributed by atoms with Crippen LogP contribution in [0, 0.1) is 5.82 Å². The molecule has 0 atom stereocenters. The monoisotopic (exact) mass is 250 g/mol. The average molecular weight is 250 g/mol. The summed E-state index contributed by atoms with van der Waals surface area (Å²) in [5.41, 5.74) is 0.274. The Bertz CT molecular complexity index is 500. The van der Waals surface area contributed by atoms with Gasteiger partial charge in [0.2, 0.25) is 0 Å². The number of carbonyl (C=O) groups excluding carboxylic acids is 1. The Morgan fingerprint density at radius 1 is 1.44 bits per heavy atom. The third-order valence-corrected chi connectivity index (χ3v) is 3.73. The van der Waals surface area contributed by atoms with Crippen molar-refractivity contribution in [3.8, 4) is 0 Å². The van der Waals surface area contributed by atoms with Gasteiger partial charge in [-0.05, 0) is 23.6 Å². The van der Waals surface area contributed by atoms with Crippen molar-refractivity contribution < 1.29 is 14.3 Å². The number of fused-ring (bicyclic) bond motifs is 1. The predicted molar refractivity (Wildman–Crippen MR) is 63.3 cm³/mol. The fourth-order valence-corrected chi connectivity index (χ4v) is 2.54. The first-order valence-corrected chi connectivity index (χ1v) is 6.09. The number of amides is 1. The fraction of sp³-hybridized carbons (Fsp3) is 0.462. The normalized spacial score (nSPS) is 21.1. The zero-order chi connectivity index (χ0) is 12.8. The lowest BCUT2D eigenvalue weighted by molar-refractivity contribution is -0.157. The van der Waals surface area contributed by atoms with Gasteiger partial charge in [-0.2, -0.15) is 0 Å². The van der Waals surface area contributed by atoms with Crippen LogP contribution < -0.4 is 5.32 Å². The average Bonchev–Trinajstić information content (AvgIpc) is 2.35. The van der Waals surface area contributed by atoms with Gasteiger partial charge < -0.3 is 15.3 Å². The number of nitrogens with zero attached hydrogens (tertiary/aromatic N) is 1. The molecule has 1 aromatic carbocycles. The number of halogens is 1. The molecule has 2 aliphatic rings. The smallest absolute Gasteiger partial charge is 0.257 e. The van der Waals surface area contributed by atoms with E-state index in [-0.39, 0.29) is 11.7 Å².